The number of halogens is 2. The minimum absolute atomic E-state index is 0. The Morgan fingerprint density at radius 3 is 2.71 bits per heavy atom. The minimum atomic E-state index is 0. The van der Waals surface area contributed by atoms with Crippen LogP contribution >= 0.6 is 24.8 Å². The van der Waals surface area contributed by atoms with Gasteiger partial charge in [-0.05, 0) is 0 Å². The molecule has 8 heteroatoms. The molecular weight excluding hydrogens is 263 g/mol. The Hall–Kier alpha value is -1.11. The molecule has 96 valence electrons. The van der Waals surface area contributed by atoms with Gasteiger partial charge in [-0.1, -0.05) is 0 Å². The normalized spacial score (nSPS) is 21.2. The van der Waals surface area contributed by atoms with Gasteiger partial charge < -0.3 is 10.2 Å². The Bertz CT molecular complexity index is 336. The fourth-order valence-corrected chi connectivity index (χ4v) is 1.86. The van der Waals surface area contributed by atoms with Gasteiger partial charge in [0.05, 0.1) is 24.3 Å². The van der Waals surface area contributed by atoms with Crippen LogP contribution in [0.5, 0.6) is 0 Å². The standard InChI is InChI=1S/C9H14N6.2ClH/c1-4-13(5-2-10-1)9-7-12-14-6-3-11-15(14)8-9;;/h3,6-8,10-11H,1-2,4-5H2;2*1H. The lowest BCUT2D eigenvalue weighted by Gasteiger charge is -2.34. The monoisotopic (exact) mass is 278 g/mol. The molecule has 3 rings (SSSR count). The van der Waals surface area contributed by atoms with Crippen LogP contribution in [-0.2, 0) is 0 Å². The van der Waals surface area contributed by atoms with E-state index in [0.717, 1.165) is 31.9 Å². The van der Waals surface area contributed by atoms with Crippen LogP contribution in [0.3, 0.4) is 0 Å². The Balaban J connectivity index is 0.000000722. The maximum Gasteiger partial charge on any atom is 0.0776 e. The molecule has 0 radical (unpaired) electrons. The molecule has 3 heterocycles. The van der Waals surface area contributed by atoms with E-state index in [1.54, 1.807) is 5.12 Å². The van der Waals surface area contributed by atoms with E-state index in [0.29, 0.717) is 0 Å². The van der Waals surface area contributed by atoms with Crippen molar-refractivity contribution in [3.63, 3.8) is 0 Å². The average molecular weight is 279 g/mol. The fraction of sp³-hybridized carbons (Fsp3) is 0.444. The molecule has 0 aromatic carbocycles. The summed E-state index contributed by atoms with van der Waals surface area (Å²) in [6, 6.07) is 0. The van der Waals surface area contributed by atoms with Crippen LogP contribution in [-0.4, -0.2) is 47.5 Å². The molecule has 2 N–H and O–H groups in total. The lowest BCUT2D eigenvalue weighted by Crippen LogP contribution is -2.45. The van der Waals surface area contributed by atoms with Gasteiger partial charge in [0.2, 0.25) is 0 Å². The van der Waals surface area contributed by atoms with Gasteiger partial charge in [-0.15, -0.1) is 24.8 Å². The first-order valence-electron chi connectivity index (χ1n) is 5.16. The number of hydrazone groups is 1. The van der Waals surface area contributed by atoms with Gasteiger partial charge >= 0.3 is 0 Å². The van der Waals surface area contributed by atoms with E-state index >= 15 is 0 Å². The predicted molar refractivity (Wildman–Crippen MR) is 71.5 cm³/mol. The van der Waals surface area contributed by atoms with E-state index in [1.807, 2.05) is 23.7 Å². The van der Waals surface area contributed by atoms with Crippen molar-refractivity contribution in [1.82, 2.24) is 25.9 Å². The molecule has 17 heavy (non-hydrogen) atoms. The average Bonchev–Trinajstić information content (AvgIpc) is 2.77. The summed E-state index contributed by atoms with van der Waals surface area (Å²) in [7, 11) is 0. The zero-order chi connectivity index (χ0) is 10.1. The van der Waals surface area contributed by atoms with Crippen molar-refractivity contribution in [2.75, 3.05) is 26.2 Å². The van der Waals surface area contributed by atoms with E-state index in [1.165, 1.54) is 0 Å². The van der Waals surface area contributed by atoms with Crippen LogP contribution in [0, 0.1) is 0 Å². The lowest BCUT2D eigenvalue weighted by molar-refractivity contribution is 0.0602. The van der Waals surface area contributed by atoms with E-state index < -0.39 is 0 Å². The van der Waals surface area contributed by atoms with Crippen LogP contribution in [0.2, 0.25) is 0 Å². The largest absolute Gasteiger partial charge is 0.366 e. The third-order valence-corrected chi connectivity index (χ3v) is 2.68. The summed E-state index contributed by atoms with van der Waals surface area (Å²) in [4.78, 5) is 2.33. The van der Waals surface area contributed by atoms with Crippen LogP contribution in [0.4, 0.5) is 0 Å². The van der Waals surface area contributed by atoms with E-state index in [2.05, 4.69) is 26.9 Å². The molecule has 1 fully saturated rings. The summed E-state index contributed by atoms with van der Waals surface area (Å²) in [5, 5.41) is 11.3. The number of hydrazine groups is 2. The van der Waals surface area contributed by atoms with Crippen LogP contribution in [0.15, 0.2) is 29.4 Å². The van der Waals surface area contributed by atoms with Crippen molar-refractivity contribution >= 4 is 31.0 Å². The maximum atomic E-state index is 4.30. The minimum Gasteiger partial charge on any atom is -0.366 e. The second-order valence-corrected chi connectivity index (χ2v) is 3.65. The second kappa shape index (κ2) is 6.00. The SMILES string of the molecule is C1=CN2N=CC(N3CCNCC3)=CN2N1.Cl.Cl. The molecule has 0 aromatic heterocycles. The topological polar surface area (TPSA) is 46.1 Å². The van der Waals surface area contributed by atoms with Gasteiger partial charge in [-0.2, -0.15) is 15.3 Å². The molecule has 0 unspecified atom stereocenters. The molecule has 0 amide bonds. The molecule has 0 saturated carbocycles. The van der Waals surface area contributed by atoms with E-state index in [4.69, 9.17) is 0 Å². The van der Waals surface area contributed by atoms with Crippen LogP contribution in [0.1, 0.15) is 0 Å². The summed E-state index contributed by atoms with van der Waals surface area (Å²) in [5.41, 5.74) is 4.23. The number of nitrogens with one attached hydrogen (secondary N) is 2. The Morgan fingerprint density at radius 2 is 1.94 bits per heavy atom. The summed E-state index contributed by atoms with van der Waals surface area (Å²) < 4.78 is 0. The van der Waals surface area contributed by atoms with Crippen molar-refractivity contribution < 1.29 is 0 Å². The number of rotatable bonds is 1. The molecule has 0 atom stereocenters. The zero-order valence-electron chi connectivity index (χ0n) is 9.24. The molecule has 3 aliphatic rings. The van der Waals surface area contributed by atoms with Crippen LogP contribution in [0.25, 0.3) is 0 Å². The summed E-state index contributed by atoms with van der Waals surface area (Å²) in [5.74, 6) is 0. The van der Waals surface area contributed by atoms with Gasteiger partial charge in [0.25, 0.3) is 0 Å². The third-order valence-electron chi connectivity index (χ3n) is 2.68. The predicted octanol–water partition coefficient (Wildman–Crippen LogP) is 0.0844. The number of hydrogen-bond donors (Lipinski definition) is 2. The Morgan fingerprint density at radius 1 is 1.18 bits per heavy atom. The fourth-order valence-electron chi connectivity index (χ4n) is 1.86. The Kier molecular flexibility index (Phi) is 4.92. The highest BCUT2D eigenvalue weighted by molar-refractivity contribution is 5.85. The van der Waals surface area contributed by atoms with Crippen molar-refractivity contribution in [2.24, 2.45) is 5.10 Å². The van der Waals surface area contributed by atoms with Crippen molar-refractivity contribution in [3.8, 4) is 0 Å². The highest BCUT2D eigenvalue weighted by Gasteiger charge is 2.20. The van der Waals surface area contributed by atoms with Gasteiger partial charge in [0.15, 0.2) is 0 Å². The third kappa shape index (κ3) is 2.77. The highest BCUT2D eigenvalue weighted by atomic mass is 35.5. The number of fused-ring (bicyclic) bond motifs is 1. The summed E-state index contributed by atoms with van der Waals surface area (Å²) >= 11 is 0. The smallest absolute Gasteiger partial charge is 0.0776 e. The number of hydrogen-bond acceptors (Lipinski definition) is 6. The Labute approximate surface area is 113 Å². The molecule has 0 aliphatic carbocycles. The van der Waals surface area contributed by atoms with Gasteiger partial charge in [0.1, 0.15) is 0 Å². The first kappa shape index (κ1) is 14.0. The molecule has 3 aliphatic heterocycles. The summed E-state index contributed by atoms with van der Waals surface area (Å²) in [6.45, 7) is 4.17. The maximum absolute atomic E-state index is 4.30. The first-order chi connectivity index (χ1) is 7.43. The lowest BCUT2D eigenvalue weighted by atomic mass is 10.3. The van der Waals surface area contributed by atoms with Gasteiger partial charge in [-0.25, -0.2) is 0 Å². The van der Waals surface area contributed by atoms with Crippen molar-refractivity contribution in [1.29, 1.82) is 0 Å². The number of allylic oxidation sites excluding steroid dienone is 1. The van der Waals surface area contributed by atoms with E-state index in [-0.39, 0.29) is 24.8 Å². The van der Waals surface area contributed by atoms with Crippen molar-refractivity contribution in [3.05, 3.63) is 24.3 Å². The molecule has 0 spiro atoms. The quantitative estimate of drug-likeness (QED) is 0.712. The number of piperazine rings is 1. The first-order valence-corrected chi connectivity index (χ1v) is 5.16. The highest BCUT2D eigenvalue weighted by Crippen LogP contribution is 2.14. The molecule has 0 bridgehead atoms. The summed E-state index contributed by atoms with van der Waals surface area (Å²) in [6.07, 6.45) is 7.69. The van der Waals surface area contributed by atoms with E-state index in [9.17, 15) is 0 Å². The van der Waals surface area contributed by atoms with Crippen molar-refractivity contribution in [2.45, 2.75) is 0 Å². The van der Waals surface area contributed by atoms with Gasteiger partial charge in [0, 0.05) is 32.4 Å². The van der Waals surface area contributed by atoms with Gasteiger partial charge in [-0.3, -0.25) is 5.43 Å². The molecule has 0 aromatic rings. The molecular formula is C9H16Cl2N6. The van der Waals surface area contributed by atoms with Crippen LogP contribution < -0.4 is 10.7 Å². The molecule has 6 nitrogen and oxygen atoms in total. The zero-order valence-corrected chi connectivity index (χ0v) is 10.9. The number of nitrogens with zero attached hydrogens (tertiary/aromatic N) is 4. The molecule has 1 saturated heterocycles. The second-order valence-electron chi connectivity index (χ2n) is 3.65.